The van der Waals surface area contributed by atoms with Crippen molar-refractivity contribution in [3.8, 4) is 11.5 Å². The molecule has 0 saturated heterocycles. The number of hydrogen-bond acceptors (Lipinski definition) is 3. The second-order valence-corrected chi connectivity index (χ2v) is 4.28. The number of nitrogens with one attached hydrogen (secondary N) is 1. The van der Waals surface area contributed by atoms with Gasteiger partial charge in [-0.3, -0.25) is 0 Å². The van der Waals surface area contributed by atoms with Gasteiger partial charge >= 0.3 is 0 Å². The van der Waals surface area contributed by atoms with Crippen LogP contribution in [0.2, 0.25) is 0 Å². The highest BCUT2D eigenvalue weighted by atomic mass is 19.1. The molecule has 0 spiro atoms. The molecule has 0 heterocycles. The Morgan fingerprint density at radius 2 is 2.00 bits per heavy atom. The first-order valence-electron chi connectivity index (χ1n) is 6.52. The molecule has 0 amide bonds. The molecule has 2 aromatic carbocycles. The lowest BCUT2D eigenvalue weighted by Crippen LogP contribution is -2.01. The summed E-state index contributed by atoms with van der Waals surface area (Å²) >= 11 is 0. The third kappa shape index (κ3) is 3.63. The molecule has 106 valence electrons. The normalized spacial score (nSPS) is 10.2. The third-order valence-electron chi connectivity index (χ3n) is 2.86. The fourth-order valence-corrected chi connectivity index (χ4v) is 1.89. The van der Waals surface area contributed by atoms with Gasteiger partial charge in [-0.1, -0.05) is 12.1 Å². The summed E-state index contributed by atoms with van der Waals surface area (Å²) in [5.41, 5.74) is 1.79. The van der Waals surface area contributed by atoms with E-state index in [0.717, 1.165) is 11.3 Å². The number of methoxy groups -OCH3 is 1. The Hall–Kier alpha value is -2.23. The number of benzene rings is 2. The van der Waals surface area contributed by atoms with E-state index in [0.29, 0.717) is 18.8 Å². The van der Waals surface area contributed by atoms with Crippen molar-refractivity contribution in [1.29, 1.82) is 0 Å². The van der Waals surface area contributed by atoms with Gasteiger partial charge in [0.05, 0.1) is 13.7 Å². The smallest absolute Gasteiger partial charge is 0.167 e. The Labute approximate surface area is 118 Å². The second-order valence-electron chi connectivity index (χ2n) is 4.28. The first-order chi connectivity index (χ1) is 9.72. The summed E-state index contributed by atoms with van der Waals surface area (Å²) < 4.78 is 23.9. The minimum atomic E-state index is -0.374. The summed E-state index contributed by atoms with van der Waals surface area (Å²) in [4.78, 5) is 0. The van der Waals surface area contributed by atoms with Gasteiger partial charge in [-0.05, 0) is 36.8 Å². The molecule has 0 atom stereocenters. The fourth-order valence-electron chi connectivity index (χ4n) is 1.89. The van der Waals surface area contributed by atoms with Crippen molar-refractivity contribution in [2.45, 2.75) is 13.5 Å². The van der Waals surface area contributed by atoms with Gasteiger partial charge in [0.2, 0.25) is 0 Å². The molecular weight excluding hydrogens is 257 g/mol. The fraction of sp³-hybridized carbons (Fsp3) is 0.250. The molecular formula is C16H18FNO2. The van der Waals surface area contributed by atoms with Crippen molar-refractivity contribution < 1.29 is 13.9 Å². The van der Waals surface area contributed by atoms with Crippen LogP contribution in [-0.4, -0.2) is 13.7 Å². The molecule has 0 saturated carbocycles. The molecule has 4 heteroatoms. The first-order valence-corrected chi connectivity index (χ1v) is 6.52. The Balaban J connectivity index is 2.01. The predicted molar refractivity (Wildman–Crippen MR) is 77.9 cm³/mol. The molecule has 0 unspecified atom stereocenters. The lowest BCUT2D eigenvalue weighted by molar-refractivity contribution is 0.340. The number of rotatable bonds is 6. The van der Waals surface area contributed by atoms with Gasteiger partial charge in [0.1, 0.15) is 5.75 Å². The van der Waals surface area contributed by atoms with E-state index in [2.05, 4.69) is 5.32 Å². The van der Waals surface area contributed by atoms with Crippen molar-refractivity contribution in [2.75, 3.05) is 19.0 Å². The standard InChI is InChI=1S/C16H18FNO2/c1-3-20-14-6-4-5-12(9-14)11-18-13-7-8-16(19-2)15(17)10-13/h4-10,18H,3,11H2,1-2H3. The van der Waals surface area contributed by atoms with Crippen molar-refractivity contribution in [2.24, 2.45) is 0 Å². The third-order valence-corrected chi connectivity index (χ3v) is 2.86. The van der Waals surface area contributed by atoms with E-state index in [-0.39, 0.29) is 11.6 Å². The minimum absolute atomic E-state index is 0.244. The molecule has 3 nitrogen and oxygen atoms in total. The topological polar surface area (TPSA) is 30.5 Å². The van der Waals surface area contributed by atoms with Gasteiger partial charge in [-0.2, -0.15) is 0 Å². The molecule has 2 rings (SSSR count). The number of halogens is 1. The van der Waals surface area contributed by atoms with Crippen LogP contribution in [0.25, 0.3) is 0 Å². The summed E-state index contributed by atoms with van der Waals surface area (Å²) in [6.07, 6.45) is 0. The average molecular weight is 275 g/mol. The van der Waals surface area contributed by atoms with Crippen LogP contribution in [0.4, 0.5) is 10.1 Å². The van der Waals surface area contributed by atoms with Crippen molar-refractivity contribution in [3.63, 3.8) is 0 Å². The van der Waals surface area contributed by atoms with Crippen molar-refractivity contribution in [3.05, 3.63) is 53.8 Å². The van der Waals surface area contributed by atoms with Gasteiger partial charge in [0.15, 0.2) is 11.6 Å². The van der Waals surface area contributed by atoms with E-state index in [1.807, 2.05) is 31.2 Å². The summed E-state index contributed by atoms with van der Waals surface area (Å²) in [6, 6.07) is 12.6. The largest absolute Gasteiger partial charge is 0.494 e. The predicted octanol–water partition coefficient (Wildman–Crippen LogP) is 3.85. The molecule has 0 radical (unpaired) electrons. The van der Waals surface area contributed by atoms with Gasteiger partial charge in [-0.25, -0.2) is 4.39 Å². The molecule has 0 bridgehead atoms. The zero-order chi connectivity index (χ0) is 14.4. The summed E-state index contributed by atoms with van der Waals surface area (Å²) in [6.45, 7) is 3.19. The van der Waals surface area contributed by atoms with Crippen LogP contribution in [0.5, 0.6) is 11.5 Å². The van der Waals surface area contributed by atoms with Gasteiger partial charge in [0.25, 0.3) is 0 Å². The number of hydrogen-bond donors (Lipinski definition) is 1. The molecule has 2 aromatic rings. The second kappa shape index (κ2) is 6.80. The average Bonchev–Trinajstić information content (AvgIpc) is 2.46. The molecule has 0 fully saturated rings. The zero-order valence-corrected chi connectivity index (χ0v) is 11.7. The summed E-state index contributed by atoms with van der Waals surface area (Å²) in [5, 5.41) is 3.17. The van der Waals surface area contributed by atoms with E-state index >= 15 is 0 Å². The molecule has 0 aliphatic heterocycles. The highest BCUT2D eigenvalue weighted by molar-refractivity contribution is 5.48. The highest BCUT2D eigenvalue weighted by Crippen LogP contribution is 2.21. The number of ether oxygens (including phenoxy) is 2. The van der Waals surface area contributed by atoms with Gasteiger partial charge < -0.3 is 14.8 Å². The van der Waals surface area contributed by atoms with Crippen LogP contribution >= 0.6 is 0 Å². The van der Waals surface area contributed by atoms with Crippen molar-refractivity contribution in [1.82, 2.24) is 0 Å². The van der Waals surface area contributed by atoms with Crippen LogP contribution < -0.4 is 14.8 Å². The maximum atomic E-state index is 13.6. The van der Waals surface area contributed by atoms with Gasteiger partial charge in [0, 0.05) is 18.3 Å². The Morgan fingerprint density at radius 3 is 2.70 bits per heavy atom. The molecule has 0 aromatic heterocycles. The Morgan fingerprint density at radius 1 is 1.15 bits per heavy atom. The minimum Gasteiger partial charge on any atom is -0.494 e. The zero-order valence-electron chi connectivity index (χ0n) is 11.7. The highest BCUT2D eigenvalue weighted by Gasteiger charge is 2.03. The molecule has 0 aliphatic carbocycles. The maximum absolute atomic E-state index is 13.6. The monoisotopic (exact) mass is 275 g/mol. The van der Waals surface area contributed by atoms with E-state index in [1.165, 1.54) is 13.2 Å². The Kier molecular flexibility index (Phi) is 4.82. The molecule has 20 heavy (non-hydrogen) atoms. The molecule has 1 N–H and O–H groups in total. The lowest BCUT2D eigenvalue weighted by atomic mass is 10.2. The summed E-state index contributed by atoms with van der Waals surface area (Å²) in [5.74, 6) is 0.710. The SMILES string of the molecule is CCOc1cccc(CNc2ccc(OC)c(F)c2)c1. The molecule has 0 aliphatic rings. The first kappa shape index (κ1) is 14.2. The van der Waals surface area contributed by atoms with E-state index in [9.17, 15) is 4.39 Å². The van der Waals surface area contributed by atoms with E-state index in [1.54, 1.807) is 12.1 Å². The number of anilines is 1. The van der Waals surface area contributed by atoms with Gasteiger partial charge in [-0.15, -0.1) is 0 Å². The van der Waals surface area contributed by atoms with E-state index in [4.69, 9.17) is 9.47 Å². The Bertz CT molecular complexity index is 572. The van der Waals surface area contributed by atoms with E-state index < -0.39 is 0 Å². The van der Waals surface area contributed by atoms with Crippen molar-refractivity contribution >= 4 is 5.69 Å². The van der Waals surface area contributed by atoms with Crippen LogP contribution in [0.1, 0.15) is 12.5 Å². The van der Waals surface area contributed by atoms with Crippen LogP contribution in [0, 0.1) is 5.82 Å². The lowest BCUT2D eigenvalue weighted by Gasteiger charge is -2.10. The van der Waals surface area contributed by atoms with Crippen LogP contribution in [0.15, 0.2) is 42.5 Å². The maximum Gasteiger partial charge on any atom is 0.167 e. The quantitative estimate of drug-likeness (QED) is 0.868. The van der Waals surface area contributed by atoms with Crippen LogP contribution in [-0.2, 0) is 6.54 Å². The summed E-state index contributed by atoms with van der Waals surface area (Å²) in [7, 11) is 1.45. The van der Waals surface area contributed by atoms with Crippen LogP contribution in [0.3, 0.4) is 0 Å².